The smallest absolute Gasteiger partial charge is 0.250 e. The molecule has 18 heavy (non-hydrogen) atoms. The predicted octanol–water partition coefficient (Wildman–Crippen LogP) is 1.17. The van der Waals surface area contributed by atoms with Gasteiger partial charge >= 0.3 is 0 Å². The van der Waals surface area contributed by atoms with Crippen LogP contribution in [0.15, 0.2) is 18.5 Å². The summed E-state index contributed by atoms with van der Waals surface area (Å²) in [5.74, 6) is -0.447. The van der Waals surface area contributed by atoms with Gasteiger partial charge in [0.2, 0.25) is 5.91 Å². The topological polar surface area (TPSA) is 74.4 Å². The van der Waals surface area contributed by atoms with Gasteiger partial charge < -0.3 is 15.2 Å². The van der Waals surface area contributed by atoms with Crippen LogP contribution in [0.4, 0.5) is 0 Å². The van der Waals surface area contributed by atoms with E-state index < -0.39 is 5.91 Å². The van der Waals surface area contributed by atoms with Crippen molar-refractivity contribution in [2.24, 2.45) is 5.73 Å². The number of carbonyl (C=O) groups excluding carboxylic acids is 1. The van der Waals surface area contributed by atoms with Crippen molar-refractivity contribution < 1.29 is 14.3 Å². The number of ether oxygens (including phenoxy) is 2. The van der Waals surface area contributed by atoms with Gasteiger partial charge in [-0.05, 0) is 31.4 Å². The number of nitrogens with two attached hydrogens (primary N) is 1. The van der Waals surface area contributed by atoms with E-state index in [2.05, 4.69) is 4.98 Å². The van der Waals surface area contributed by atoms with Crippen LogP contribution in [-0.4, -0.2) is 37.3 Å². The van der Waals surface area contributed by atoms with Gasteiger partial charge in [-0.1, -0.05) is 0 Å². The number of aromatic nitrogens is 1. The number of hydrogen-bond donors (Lipinski definition) is 1. The highest BCUT2D eigenvalue weighted by molar-refractivity contribution is 5.92. The average molecular weight is 252 g/mol. The van der Waals surface area contributed by atoms with E-state index in [0.717, 1.165) is 25.0 Å². The van der Waals surface area contributed by atoms with Crippen molar-refractivity contribution >= 4 is 5.91 Å². The Labute approximate surface area is 107 Å². The molecule has 0 unspecified atom stereocenters. The van der Waals surface area contributed by atoms with Gasteiger partial charge in [-0.25, -0.2) is 0 Å². The number of hydrogen-bond acceptors (Lipinski definition) is 4. The Balaban J connectivity index is 2.19. The molecule has 0 fully saturated rings. The second-order valence-electron chi connectivity index (χ2n) is 3.86. The molecule has 0 atom stereocenters. The Bertz CT molecular complexity index is 369. The summed E-state index contributed by atoms with van der Waals surface area (Å²) in [6, 6.07) is 1.77. The van der Waals surface area contributed by atoms with Gasteiger partial charge in [0.15, 0.2) is 0 Å². The van der Waals surface area contributed by atoms with Gasteiger partial charge in [0.1, 0.15) is 0 Å². The van der Waals surface area contributed by atoms with Crippen LogP contribution >= 0.6 is 0 Å². The van der Waals surface area contributed by atoms with Crippen LogP contribution in [0.25, 0.3) is 0 Å². The largest absolute Gasteiger partial charge is 0.379 e. The second-order valence-corrected chi connectivity index (χ2v) is 3.86. The van der Waals surface area contributed by atoms with Crippen molar-refractivity contribution in [2.75, 3.05) is 26.4 Å². The highest BCUT2D eigenvalue weighted by Crippen LogP contribution is 2.05. The van der Waals surface area contributed by atoms with Crippen LogP contribution in [0.2, 0.25) is 0 Å². The van der Waals surface area contributed by atoms with Crippen LogP contribution < -0.4 is 5.73 Å². The van der Waals surface area contributed by atoms with E-state index in [4.69, 9.17) is 15.2 Å². The number of nitrogens with zero attached hydrogens (tertiary/aromatic N) is 1. The SMILES string of the molecule is CCOCCOCCCc1cncc(C(N)=O)c1. The van der Waals surface area contributed by atoms with Crippen LogP contribution in [0.3, 0.4) is 0 Å². The summed E-state index contributed by atoms with van der Waals surface area (Å²) in [7, 11) is 0. The molecule has 2 N–H and O–H groups in total. The zero-order valence-electron chi connectivity index (χ0n) is 10.7. The molecule has 0 saturated heterocycles. The molecule has 0 aliphatic carbocycles. The third kappa shape index (κ3) is 5.75. The van der Waals surface area contributed by atoms with Gasteiger partial charge in [0, 0.05) is 25.6 Å². The van der Waals surface area contributed by atoms with Crippen molar-refractivity contribution in [2.45, 2.75) is 19.8 Å². The van der Waals surface area contributed by atoms with E-state index in [0.29, 0.717) is 25.4 Å². The Kier molecular flexibility index (Phi) is 6.98. The molecule has 0 aliphatic heterocycles. The maximum Gasteiger partial charge on any atom is 0.250 e. The minimum atomic E-state index is -0.447. The van der Waals surface area contributed by atoms with Gasteiger partial charge in [0.05, 0.1) is 18.8 Å². The van der Waals surface area contributed by atoms with Crippen LogP contribution in [0.5, 0.6) is 0 Å². The number of amides is 1. The van der Waals surface area contributed by atoms with Crippen molar-refractivity contribution in [3.63, 3.8) is 0 Å². The highest BCUT2D eigenvalue weighted by Gasteiger charge is 2.02. The standard InChI is InChI=1S/C13H20N2O3/c1-2-17-6-7-18-5-3-4-11-8-12(13(14)16)10-15-9-11/h8-10H,2-7H2,1H3,(H2,14,16). The summed E-state index contributed by atoms with van der Waals surface area (Å²) in [6.45, 7) is 4.60. The van der Waals surface area contributed by atoms with E-state index in [1.807, 2.05) is 6.92 Å². The monoisotopic (exact) mass is 252 g/mol. The maximum absolute atomic E-state index is 11.0. The highest BCUT2D eigenvalue weighted by atomic mass is 16.5. The number of aryl methyl sites for hydroxylation is 1. The number of rotatable bonds is 9. The fourth-order valence-corrected chi connectivity index (χ4v) is 1.50. The number of carbonyl (C=O) groups is 1. The summed E-state index contributed by atoms with van der Waals surface area (Å²) in [5, 5.41) is 0. The zero-order chi connectivity index (χ0) is 13.2. The molecule has 1 heterocycles. The Morgan fingerprint density at radius 2 is 2.06 bits per heavy atom. The summed E-state index contributed by atoms with van der Waals surface area (Å²) >= 11 is 0. The number of primary amides is 1. The minimum absolute atomic E-state index is 0.447. The molecule has 5 nitrogen and oxygen atoms in total. The van der Waals surface area contributed by atoms with Gasteiger partial charge in [-0.2, -0.15) is 0 Å². The molecule has 5 heteroatoms. The molecular weight excluding hydrogens is 232 g/mol. The van der Waals surface area contributed by atoms with E-state index in [1.54, 1.807) is 12.3 Å². The average Bonchev–Trinajstić information content (AvgIpc) is 2.38. The Morgan fingerprint density at radius 3 is 2.78 bits per heavy atom. The molecule has 0 saturated carbocycles. The van der Waals surface area contributed by atoms with E-state index >= 15 is 0 Å². The maximum atomic E-state index is 11.0. The molecule has 100 valence electrons. The minimum Gasteiger partial charge on any atom is -0.379 e. The molecule has 0 spiro atoms. The van der Waals surface area contributed by atoms with Gasteiger partial charge in [0.25, 0.3) is 0 Å². The molecule has 1 rings (SSSR count). The zero-order valence-corrected chi connectivity index (χ0v) is 10.7. The normalized spacial score (nSPS) is 10.5. The van der Waals surface area contributed by atoms with E-state index in [1.165, 1.54) is 6.20 Å². The van der Waals surface area contributed by atoms with Crippen LogP contribution in [-0.2, 0) is 15.9 Å². The lowest BCUT2D eigenvalue weighted by molar-refractivity contribution is 0.0520. The van der Waals surface area contributed by atoms with E-state index in [9.17, 15) is 4.79 Å². The molecule has 1 aromatic rings. The Morgan fingerprint density at radius 1 is 1.28 bits per heavy atom. The summed E-state index contributed by atoms with van der Waals surface area (Å²) in [5.41, 5.74) is 6.64. The van der Waals surface area contributed by atoms with Crippen molar-refractivity contribution in [1.82, 2.24) is 4.98 Å². The van der Waals surface area contributed by atoms with Crippen molar-refractivity contribution in [1.29, 1.82) is 0 Å². The van der Waals surface area contributed by atoms with Crippen molar-refractivity contribution in [3.8, 4) is 0 Å². The van der Waals surface area contributed by atoms with Gasteiger partial charge in [-0.15, -0.1) is 0 Å². The first-order chi connectivity index (χ1) is 8.74. The predicted molar refractivity (Wildman–Crippen MR) is 68.4 cm³/mol. The lowest BCUT2D eigenvalue weighted by Gasteiger charge is -2.05. The first-order valence-corrected chi connectivity index (χ1v) is 6.13. The summed E-state index contributed by atoms with van der Waals surface area (Å²) in [6.07, 6.45) is 4.93. The third-order valence-corrected chi connectivity index (χ3v) is 2.41. The first kappa shape index (κ1) is 14.6. The molecule has 0 aromatic carbocycles. The third-order valence-electron chi connectivity index (χ3n) is 2.41. The molecule has 1 amide bonds. The number of pyridine rings is 1. The lowest BCUT2D eigenvalue weighted by Crippen LogP contribution is -2.11. The Hall–Kier alpha value is -1.46. The first-order valence-electron chi connectivity index (χ1n) is 6.13. The van der Waals surface area contributed by atoms with Crippen LogP contribution in [0, 0.1) is 0 Å². The molecule has 1 aromatic heterocycles. The molecule has 0 bridgehead atoms. The van der Waals surface area contributed by atoms with Crippen molar-refractivity contribution in [3.05, 3.63) is 29.6 Å². The second kappa shape index (κ2) is 8.60. The fraction of sp³-hybridized carbons (Fsp3) is 0.538. The van der Waals surface area contributed by atoms with Crippen LogP contribution in [0.1, 0.15) is 29.3 Å². The lowest BCUT2D eigenvalue weighted by atomic mass is 10.1. The molecular formula is C13H20N2O3. The quantitative estimate of drug-likeness (QED) is 0.669. The molecule has 0 radical (unpaired) electrons. The summed E-state index contributed by atoms with van der Waals surface area (Å²) < 4.78 is 10.6. The fourth-order valence-electron chi connectivity index (χ4n) is 1.50. The van der Waals surface area contributed by atoms with E-state index in [-0.39, 0.29) is 0 Å². The van der Waals surface area contributed by atoms with Gasteiger partial charge in [-0.3, -0.25) is 9.78 Å². The molecule has 0 aliphatic rings. The summed E-state index contributed by atoms with van der Waals surface area (Å²) in [4.78, 5) is 15.0.